The lowest BCUT2D eigenvalue weighted by atomic mass is 10.0. The van der Waals surface area contributed by atoms with E-state index >= 15 is 0 Å². The van der Waals surface area contributed by atoms with E-state index in [2.05, 4.69) is 0 Å². The summed E-state index contributed by atoms with van der Waals surface area (Å²) >= 11 is 11.8. The summed E-state index contributed by atoms with van der Waals surface area (Å²) in [4.78, 5) is 40.4. The zero-order chi connectivity index (χ0) is 28.8. The molecule has 1 aliphatic heterocycles. The van der Waals surface area contributed by atoms with Crippen molar-refractivity contribution in [1.82, 2.24) is 0 Å². The fourth-order valence-corrected chi connectivity index (χ4v) is 5.05. The van der Waals surface area contributed by atoms with Crippen molar-refractivity contribution in [1.29, 1.82) is 0 Å². The summed E-state index contributed by atoms with van der Waals surface area (Å²) in [5, 5.41) is 0.494. The summed E-state index contributed by atoms with van der Waals surface area (Å²) in [6.45, 7) is 0.150. The Morgan fingerprint density at radius 1 is 0.878 bits per heavy atom. The normalized spacial score (nSPS) is 15.4. The van der Waals surface area contributed by atoms with Gasteiger partial charge in [-0.25, -0.2) is 0 Å². The Hall–Kier alpha value is -4.13. The van der Waals surface area contributed by atoms with Gasteiger partial charge in [0.2, 0.25) is 11.7 Å². The summed E-state index contributed by atoms with van der Waals surface area (Å²) in [5.41, 5.74) is 3.03. The number of alkyl halides is 1. The smallest absolute Gasteiger partial charge is 0.312 e. The number of amides is 1. The van der Waals surface area contributed by atoms with Crippen LogP contribution in [0.1, 0.15) is 23.2 Å². The number of rotatable bonds is 10. The Bertz CT molecular complexity index is 1520. The van der Waals surface area contributed by atoms with Crippen LogP contribution in [0.5, 0.6) is 11.5 Å². The van der Waals surface area contributed by atoms with Crippen LogP contribution in [0, 0.1) is 5.92 Å². The number of ketones is 1. The molecule has 0 radical (unpaired) electrons. The molecule has 5 rings (SSSR count). The van der Waals surface area contributed by atoms with E-state index in [0.29, 0.717) is 27.8 Å². The van der Waals surface area contributed by atoms with Crippen molar-refractivity contribution >= 4 is 46.5 Å². The van der Waals surface area contributed by atoms with Gasteiger partial charge in [0, 0.05) is 47.1 Å². The van der Waals surface area contributed by atoms with E-state index in [1.807, 2.05) is 54.6 Å². The van der Waals surface area contributed by atoms with Gasteiger partial charge in [-0.3, -0.25) is 14.4 Å². The summed E-state index contributed by atoms with van der Waals surface area (Å²) in [6.07, 6.45) is -0.890. The Morgan fingerprint density at radius 3 is 2.27 bits per heavy atom. The van der Waals surface area contributed by atoms with Crippen LogP contribution >= 0.6 is 23.2 Å². The second-order valence-corrected chi connectivity index (χ2v) is 10.5. The van der Waals surface area contributed by atoms with E-state index in [1.54, 1.807) is 53.4 Å². The number of Topliss-reactive ketones (excluding diaryl/α,β-unsaturated/α-hetero) is 1. The molecule has 0 aromatic heterocycles. The number of halogens is 2. The maximum atomic E-state index is 13.0. The third kappa shape index (κ3) is 6.79. The number of nitrogens with zero attached hydrogens (tertiary/aromatic N) is 1. The van der Waals surface area contributed by atoms with Gasteiger partial charge in [-0.2, -0.15) is 0 Å². The standard InChI is InChI=1S/C33H27Cl2NO5/c34-19-18-30(32(38)23-10-12-25(35)13-11-23)41-33(39)24-20-31(37)36(21-24)26-14-16-27(17-15-26)40-29-9-5-4-8-28(29)22-6-2-1-3-7-22/h1-17,24,30H,18-21H2/t24-,30-/m0/s1. The Balaban J connectivity index is 1.24. The van der Waals surface area contributed by atoms with Crippen molar-refractivity contribution in [2.75, 3.05) is 17.3 Å². The topological polar surface area (TPSA) is 72.9 Å². The molecule has 1 aliphatic rings. The molecule has 0 aliphatic carbocycles. The van der Waals surface area contributed by atoms with Crippen LogP contribution in [0.4, 0.5) is 5.69 Å². The Morgan fingerprint density at radius 2 is 1.56 bits per heavy atom. The second kappa shape index (κ2) is 13.0. The highest BCUT2D eigenvalue weighted by Crippen LogP contribution is 2.34. The number of para-hydroxylation sites is 1. The number of esters is 1. The average Bonchev–Trinajstić information content (AvgIpc) is 3.39. The van der Waals surface area contributed by atoms with Crippen LogP contribution in [0.15, 0.2) is 103 Å². The first-order valence-electron chi connectivity index (χ1n) is 13.2. The van der Waals surface area contributed by atoms with Crippen LogP contribution in [0.25, 0.3) is 11.1 Å². The van der Waals surface area contributed by atoms with Gasteiger partial charge in [-0.05, 0) is 60.2 Å². The van der Waals surface area contributed by atoms with Gasteiger partial charge in [-0.15, -0.1) is 11.6 Å². The minimum Gasteiger partial charge on any atom is -0.457 e. The predicted molar refractivity (Wildman–Crippen MR) is 160 cm³/mol. The van der Waals surface area contributed by atoms with Gasteiger partial charge in [0.15, 0.2) is 6.10 Å². The lowest BCUT2D eigenvalue weighted by molar-refractivity contribution is -0.151. The SMILES string of the molecule is O=C(O[C@@H](CCCl)C(=O)c1ccc(Cl)cc1)[C@H]1CC(=O)N(c2ccc(Oc3ccccc3-c3ccccc3)cc2)C1. The molecular formula is C33H27Cl2NO5. The highest BCUT2D eigenvalue weighted by molar-refractivity contribution is 6.30. The number of carbonyl (C=O) groups excluding carboxylic acids is 3. The maximum absolute atomic E-state index is 13.0. The van der Waals surface area contributed by atoms with Gasteiger partial charge < -0.3 is 14.4 Å². The van der Waals surface area contributed by atoms with Crippen molar-refractivity contribution < 1.29 is 23.9 Å². The third-order valence-corrected chi connectivity index (χ3v) is 7.33. The molecule has 2 atom stereocenters. The van der Waals surface area contributed by atoms with Crippen LogP contribution in [-0.4, -0.2) is 36.2 Å². The molecule has 0 spiro atoms. The van der Waals surface area contributed by atoms with E-state index < -0.39 is 18.0 Å². The largest absolute Gasteiger partial charge is 0.457 e. The molecule has 1 saturated heterocycles. The molecule has 1 amide bonds. The quantitative estimate of drug-likeness (QED) is 0.109. The molecule has 1 heterocycles. The van der Waals surface area contributed by atoms with E-state index in [0.717, 1.165) is 11.1 Å². The fourth-order valence-electron chi connectivity index (χ4n) is 4.73. The fraction of sp³-hybridized carbons (Fsp3) is 0.182. The van der Waals surface area contributed by atoms with Gasteiger partial charge in [0.25, 0.3) is 0 Å². The van der Waals surface area contributed by atoms with Crippen molar-refractivity contribution in [3.05, 3.63) is 114 Å². The molecule has 1 fully saturated rings. The monoisotopic (exact) mass is 587 g/mol. The molecule has 0 N–H and O–H groups in total. The van der Waals surface area contributed by atoms with Crippen molar-refractivity contribution in [3.63, 3.8) is 0 Å². The lowest BCUT2D eigenvalue weighted by Gasteiger charge is -2.19. The van der Waals surface area contributed by atoms with E-state index in [-0.39, 0.29) is 37.0 Å². The first-order chi connectivity index (χ1) is 19.9. The molecule has 4 aromatic rings. The number of hydrogen-bond donors (Lipinski definition) is 0. The number of carbonyl (C=O) groups is 3. The predicted octanol–water partition coefficient (Wildman–Crippen LogP) is 7.58. The van der Waals surface area contributed by atoms with E-state index in [9.17, 15) is 14.4 Å². The molecule has 8 heteroatoms. The van der Waals surface area contributed by atoms with Gasteiger partial charge >= 0.3 is 5.97 Å². The molecule has 0 saturated carbocycles. The minimum absolute atomic E-state index is 0.00966. The molecule has 4 aromatic carbocycles. The summed E-state index contributed by atoms with van der Waals surface area (Å²) < 4.78 is 11.8. The molecule has 0 unspecified atom stereocenters. The third-order valence-electron chi connectivity index (χ3n) is 6.86. The van der Waals surface area contributed by atoms with E-state index in [1.165, 1.54) is 0 Å². The maximum Gasteiger partial charge on any atom is 0.312 e. The number of hydrogen-bond acceptors (Lipinski definition) is 5. The van der Waals surface area contributed by atoms with Crippen molar-refractivity contribution in [3.8, 4) is 22.6 Å². The zero-order valence-corrected chi connectivity index (χ0v) is 23.6. The molecule has 6 nitrogen and oxygen atoms in total. The van der Waals surface area contributed by atoms with Gasteiger partial charge in [0.05, 0.1) is 5.92 Å². The van der Waals surface area contributed by atoms with Crippen LogP contribution < -0.4 is 9.64 Å². The first-order valence-corrected chi connectivity index (χ1v) is 14.1. The minimum atomic E-state index is -1.04. The van der Waals surface area contributed by atoms with Crippen molar-refractivity contribution in [2.45, 2.75) is 18.9 Å². The summed E-state index contributed by atoms with van der Waals surface area (Å²) in [6, 6.07) is 31.3. The van der Waals surface area contributed by atoms with Gasteiger partial charge in [-0.1, -0.05) is 60.1 Å². The van der Waals surface area contributed by atoms with Gasteiger partial charge in [0.1, 0.15) is 11.5 Å². The van der Waals surface area contributed by atoms with Crippen LogP contribution in [0.2, 0.25) is 5.02 Å². The highest BCUT2D eigenvalue weighted by atomic mass is 35.5. The number of anilines is 1. The molecular weight excluding hydrogens is 561 g/mol. The first kappa shape index (κ1) is 28.4. The number of ether oxygens (including phenoxy) is 2. The second-order valence-electron chi connectivity index (χ2n) is 9.64. The average molecular weight is 588 g/mol. The Labute approximate surface area is 248 Å². The van der Waals surface area contributed by atoms with Crippen molar-refractivity contribution in [2.24, 2.45) is 5.92 Å². The molecule has 208 valence electrons. The zero-order valence-electron chi connectivity index (χ0n) is 22.0. The number of benzene rings is 4. The summed E-state index contributed by atoms with van der Waals surface area (Å²) in [7, 11) is 0. The summed E-state index contributed by atoms with van der Waals surface area (Å²) in [5.74, 6) is -0.399. The van der Waals surface area contributed by atoms with E-state index in [4.69, 9.17) is 32.7 Å². The Kier molecular flexibility index (Phi) is 9.02. The highest BCUT2D eigenvalue weighted by Gasteiger charge is 2.38. The molecule has 0 bridgehead atoms. The van der Waals surface area contributed by atoms with Crippen LogP contribution in [0.3, 0.4) is 0 Å². The lowest BCUT2D eigenvalue weighted by Crippen LogP contribution is -2.32. The molecule has 41 heavy (non-hydrogen) atoms. The van der Waals surface area contributed by atoms with Crippen LogP contribution in [-0.2, 0) is 14.3 Å².